The zero-order chi connectivity index (χ0) is 20.1. The van der Waals surface area contributed by atoms with Crippen molar-refractivity contribution in [1.82, 2.24) is 15.3 Å². The standard InChI is InChI=1S/C18H23N5O4S/c19-15-11-14(18(28(26)27)7-1-8-18)22-16(23-15)12-3-5-13(6-4-12)21-17(25)20-9-2-10-24/h3-6,11,24H,1-2,7-10H2,(H,26,27)(H2,19,22,23)(H2,20,21,25). The van der Waals surface area contributed by atoms with Gasteiger partial charge in [0.2, 0.25) is 0 Å². The van der Waals surface area contributed by atoms with Gasteiger partial charge in [-0.05, 0) is 49.9 Å². The van der Waals surface area contributed by atoms with Crippen LogP contribution in [0, 0.1) is 0 Å². The molecule has 0 bridgehead atoms. The molecule has 1 aromatic heterocycles. The molecule has 1 aliphatic rings. The first kappa shape index (κ1) is 20.2. The number of carbonyl (C=O) groups is 1. The molecule has 0 spiro atoms. The molecule has 1 heterocycles. The molecular weight excluding hydrogens is 382 g/mol. The Kier molecular flexibility index (Phi) is 6.22. The normalized spacial score (nSPS) is 16.1. The minimum absolute atomic E-state index is 0.0162. The Hall–Kier alpha value is -2.56. The summed E-state index contributed by atoms with van der Waals surface area (Å²) < 4.78 is 20.7. The van der Waals surface area contributed by atoms with E-state index in [0.29, 0.717) is 48.6 Å². The second-order valence-corrected chi connectivity index (χ2v) is 7.91. The predicted octanol–water partition coefficient (Wildman–Crippen LogP) is 1.83. The van der Waals surface area contributed by atoms with E-state index in [2.05, 4.69) is 20.6 Å². The Morgan fingerprint density at radius 2 is 1.96 bits per heavy atom. The minimum atomic E-state index is -2.04. The summed E-state index contributed by atoms with van der Waals surface area (Å²) >= 11 is -2.04. The van der Waals surface area contributed by atoms with Crippen molar-refractivity contribution in [2.75, 3.05) is 24.2 Å². The van der Waals surface area contributed by atoms with Crippen LogP contribution in [0.2, 0.25) is 0 Å². The highest BCUT2D eigenvalue weighted by Crippen LogP contribution is 2.45. The first-order valence-corrected chi connectivity index (χ1v) is 10.1. The SMILES string of the molecule is Nc1cc(C2(S(=O)O)CCC2)nc(-c2ccc(NC(=O)NCCCO)cc2)n1. The molecule has 1 fully saturated rings. The molecule has 1 unspecified atom stereocenters. The topological polar surface area (TPSA) is 150 Å². The van der Waals surface area contributed by atoms with Crippen LogP contribution in [-0.2, 0) is 15.8 Å². The zero-order valence-electron chi connectivity index (χ0n) is 15.2. The second kappa shape index (κ2) is 8.63. The second-order valence-electron chi connectivity index (χ2n) is 6.63. The highest BCUT2D eigenvalue weighted by Gasteiger charge is 2.46. The Bertz CT molecular complexity index is 871. The Morgan fingerprint density at radius 1 is 1.25 bits per heavy atom. The molecule has 6 N–H and O–H groups in total. The van der Waals surface area contributed by atoms with E-state index in [0.717, 1.165) is 6.42 Å². The minimum Gasteiger partial charge on any atom is -0.396 e. The number of aliphatic hydroxyl groups is 1. The van der Waals surface area contributed by atoms with Crippen molar-refractivity contribution in [3.8, 4) is 11.4 Å². The van der Waals surface area contributed by atoms with Gasteiger partial charge in [0.15, 0.2) is 16.9 Å². The lowest BCUT2D eigenvalue weighted by Gasteiger charge is -2.37. The van der Waals surface area contributed by atoms with Gasteiger partial charge in [-0.2, -0.15) is 0 Å². The predicted molar refractivity (Wildman–Crippen MR) is 107 cm³/mol. The first-order chi connectivity index (χ1) is 13.4. The van der Waals surface area contributed by atoms with Crippen LogP contribution in [0.5, 0.6) is 0 Å². The molecule has 0 aliphatic heterocycles. The van der Waals surface area contributed by atoms with E-state index in [1.165, 1.54) is 0 Å². The number of aliphatic hydroxyl groups excluding tert-OH is 1. The fourth-order valence-electron chi connectivity index (χ4n) is 3.01. The number of anilines is 2. The highest BCUT2D eigenvalue weighted by atomic mass is 32.2. The van der Waals surface area contributed by atoms with Gasteiger partial charge in [0.1, 0.15) is 10.6 Å². The lowest BCUT2D eigenvalue weighted by atomic mass is 9.81. The van der Waals surface area contributed by atoms with Crippen molar-refractivity contribution in [1.29, 1.82) is 0 Å². The lowest BCUT2D eigenvalue weighted by Crippen LogP contribution is -2.39. The number of hydrogen-bond acceptors (Lipinski definition) is 6. The summed E-state index contributed by atoms with van der Waals surface area (Å²) in [5.41, 5.74) is 7.65. The highest BCUT2D eigenvalue weighted by molar-refractivity contribution is 7.80. The van der Waals surface area contributed by atoms with Crippen LogP contribution < -0.4 is 16.4 Å². The maximum absolute atomic E-state index is 11.9. The molecule has 2 amide bonds. The zero-order valence-corrected chi connectivity index (χ0v) is 16.0. The monoisotopic (exact) mass is 405 g/mol. The van der Waals surface area contributed by atoms with E-state index in [1.54, 1.807) is 30.3 Å². The molecule has 9 nitrogen and oxygen atoms in total. The smallest absolute Gasteiger partial charge is 0.319 e. The van der Waals surface area contributed by atoms with Crippen molar-refractivity contribution >= 4 is 28.6 Å². The molecule has 1 saturated carbocycles. The number of hydrogen-bond donors (Lipinski definition) is 5. The van der Waals surface area contributed by atoms with Crippen molar-refractivity contribution < 1.29 is 18.7 Å². The number of amides is 2. The molecule has 1 atom stereocenters. The van der Waals surface area contributed by atoms with Crippen molar-refractivity contribution in [3.63, 3.8) is 0 Å². The summed E-state index contributed by atoms with van der Waals surface area (Å²) in [5, 5.41) is 14.0. The van der Waals surface area contributed by atoms with E-state index >= 15 is 0 Å². The Labute approximate surface area is 165 Å². The largest absolute Gasteiger partial charge is 0.396 e. The van der Waals surface area contributed by atoms with Crippen LogP contribution in [0.3, 0.4) is 0 Å². The number of benzene rings is 1. The summed E-state index contributed by atoms with van der Waals surface area (Å²) in [4.78, 5) is 20.5. The quantitative estimate of drug-likeness (QED) is 0.348. The average molecular weight is 405 g/mol. The van der Waals surface area contributed by atoms with Crippen molar-refractivity contribution in [3.05, 3.63) is 36.0 Å². The van der Waals surface area contributed by atoms with Gasteiger partial charge in [-0.1, -0.05) is 0 Å². The molecule has 0 saturated heterocycles. The maximum Gasteiger partial charge on any atom is 0.319 e. The number of nitrogens with two attached hydrogens (primary N) is 1. The van der Waals surface area contributed by atoms with Crippen LogP contribution in [-0.4, -0.2) is 43.0 Å². The number of rotatable bonds is 7. The first-order valence-electron chi connectivity index (χ1n) is 8.97. The van der Waals surface area contributed by atoms with Crippen LogP contribution in [0.15, 0.2) is 30.3 Å². The molecule has 3 rings (SSSR count). The number of nitrogens with zero attached hydrogens (tertiary/aromatic N) is 2. The van der Waals surface area contributed by atoms with Gasteiger partial charge in [0.05, 0.1) is 5.69 Å². The Balaban J connectivity index is 1.77. The summed E-state index contributed by atoms with van der Waals surface area (Å²) in [6.45, 7) is 0.399. The van der Waals surface area contributed by atoms with Gasteiger partial charge in [-0.3, -0.25) is 0 Å². The third-order valence-corrected chi connectivity index (χ3v) is 6.02. The van der Waals surface area contributed by atoms with E-state index in [1.807, 2.05) is 0 Å². The Morgan fingerprint density at radius 3 is 2.54 bits per heavy atom. The third kappa shape index (κ3) is 4.29. The molecule has 1 aliphatic carbocycles. The van der Waals surface area contributed by atoms with Crippen LogP contribution in [0.1, 0.15) is 31.4 Å². The molecule has 28 heavy (non-hydrogen) atoms. The summed E-state index contributed by atoms with van der Waals surface area (Å²) in [5.74, 6) is 0.604. The number of aromatic nitrogens is 2. The van der Waals surface area contributed by atoms with Crippen LogP contribution in [0.25, 0.3) is 11.4 Å². The van der Waals surface area contributed by atoms with Crippen LogP contribution >= 0.6 is 0 Å². The number of urea groups is 1. The molecular formula is C18H23N5O4S. The number of nitrogen functional groups attached to an aromatic ring is 1. The van der Waals surface area contributed by atoms with Gasteiger partial charge in [-0.15, -0.1) is 0 Å². The molecule has 150 valence electrons. The van der Waals surface area contributed by atoms with E-state index in [4.69, 9.17) is 10.8 Å². The average Bonchev–Trinajstić information content (AvgIpc) is 2.61. The van der Waals surface area contributed by atoms with E-state index < -0.39 is 15.8 Å². The summed E-state index contributed by atoms with van der Waals surface area (Å²) in [6.07, 6.45) is 2.52. The summed E-state index contributed by atoms with van der Waals surface area (Å²) in [6, 6.07) is 8.09. The van der Waals surface area contributed by atoms with Gasteiger partial charge in [0.25, 0.3) is 0 Å². The number of carbonyl (C=O) groups excluding carboxylic acids is 1. The molecule has 10 heteroatoms. The molecule has 2 aromatic rings. The molecule has 1 aromatic carbocycles. The third-order valence-electron chi connectivity index (χ3n) is 4.73. The van der Waals surface area contributed by atoms with Gasteiger partial charge in [-0.25, -0.2) is 19.0 Å². The van der Waals surface area contributed by atoms with E-state index in [-0.39, 0.29) is 18.5 Å². The number of nitrogens with one attached hydrogen (secondary N) is 2. The van der Waals surface area contributed by atoms with Gasteiger partial charge < -0.3 is 26.0 Å². The lowest BCUT2D eigenvalue weighted by molar-refractivity contribution is 0.249. The fourth-order valence-corrected chi connectivity index (χ4v) is 3.93. The summed E-state index contributed by atoms with van der Waals surface area (Å²) in [7, 11) is 0. The molecule has 0 radical (unpaired) electrons. The fraction of sp³-hybridized carbons (Fsp3) is 0.389. The van der Waals surface area contributed by atoms with E-state index in [9.17, 15) is 13.6 Å². The maximum atomic E-state index is 11.9. The van der Waals surface area contributed by atoms with Crippen molar-refractivity contribution in [2.45, 2.75) is 30.4 Å². The van der Waals surface area contributed by atoms with Gasteiger partial charge >= 0.3 is 6.03 Å². The van der Waals surface area contributed by atoms with Gasteiger partial charge in [0, 0.05) is 30.5 Å². The van der Waals surface area contributed by atoms with Crippen LogP contribution in [0.4, 0.5) is 16.3 Å². The van der Waals surface area contributed by atoms with Crippen molar-refractivity contribution in [2.24, 2.45) is 0 Å².